The second-order valence-electron chi connectivity index (χ2n) is 3.75. The SMILES string of the molecule is CNC1CCN(c2cc(Cl)ncn2)CC1.Cl. The summed E-state index contributed by atoms with van der Waals surface area (Å²) in [6.07, 6.45) is 3.82. The molecule has 16 heavy (non-hydrogen) atoms. The molecule has 1 fully saturated rings. The maximum Gasteiger partial charge on any atom is 0.134 e. The Morgan fingerprint density at radius 3 is 2.62 bits per heavy atom. The Bertz CT molecular complexity index is 326. The summed E-state index contributed by atoms with van der Waals surface area (Å²) in [6, 6.07) is 2.46. The van der Waals surface area contributed by atoms with E-state index >= 15 is 0 Å². The summed E-state index contributed by atoms with van der Waals surface area (Å²) in [5.74, 6) is 0.935. The standard InChI is InChI=1S/C10H15ClN4.ClH/c1-12-8-2-4-15(5-3-8)10-6-9(11)13-7-14-10;/h6-8,12H,2-5H2,1H3;1H. The van der Waals surface area contributed by atoms with Gasteiger partial charge in [-0.15, -0.1) is 12.4 Å². The number of rotatable bonds is 2. The van der Waals surface area contributed by atoms with Gasteiger partial charge in [-0.1, -0.05) is 11.6 Å². The van der Waals surface area contributed by atoms with Gasteiger partial charge in [0.15, 0.2) is 0 Å². The van der Waals surface area contributed by atoms with E-state index in [1.807, 2.05) is 13.1 Å². The molecule has 1 aliphatic rings. The first-order valence-electron chi connectivity index (χ1n) is 5.19. The van der Waals surface area contributed by atoms with Crippen LogP contribution in [0.25, 0.3) is 0 Å². The monoisotopic (exact) mass is 262 g/mol. The molecule has 90 valence electrons. The molecule has 0 aliphatic carbocycles. The van der Waals surface area contributed by atoms with E-state index in [9.17, 15) is 0 Å². The zero-order chi connectivity index (χ0) is 10.7. The molecule has 0 saturated carbocycles. The van der Waals surface area contributed by atoms with Gasteiger partial charge >= 0.3 is 0 Å². The molecule has 1 aromatic heterocycles. The second-order valence-corrected chi connectivity index (χ2v) is 4.14. The van der Waals surface area contributed by atoms with E-state index in [1.165, 1.54) is 6.33 Å². The maximum absolute atomic E-state index is 5.83. The van der Waals surface area contributed by atoms with Crippen LogP contribution < -0.4 is 10.2 Å². The summed E-state index contributed by atoms with van der Waals surface area (Å²) < 4.78 is 0. The first-order chi connectivity index (χ1) is 7.29. The zero-order valence-electron chi connectivity index (χ0n) is 9.19. The van der Waals surface area contributed by atoms with E-state index in [1.54, 1.807) is 0 Å². The zero-order valence-corrected chi connectivity index (χ0v) is 10.8. The van der Waals surface area contributed by atoms with Crippen molar-refractivity contribution in [2.45, 2.75) is 18.9 Å². The van der Waals surface area contributed by atoms with Crippen LogP contribution in [0.15, 0.2) is 12.4 Å². The number of nitrogens with one attached hydrogen (secondary N) is 1. The molecule has 1 saturated heterocycles. The minimum absolute atomic E-state index is 0. The number of aromatic nitrogens is 2. The van der Waals surface area contributed by atoms with Crippen molar-refractivity contribution in [3.05, 3.63) is 17.5 Å². The lowest BCUT2D eigenvalue weighted by Crippen LogP contribution is -2.41. The van der Waals surface area contributed by atoms with Crippen molar-refractivity contribution >= 4 is 29.8 Å². The number of anilines is 1. The third kappa shape index (κ3) is 3.20. The molecule has 0 atom stereocenters. The summed E-state index contributed by atoms with van der Waals surface area (Å²) >= 11 is 5.83. The van der Waals surface area contributed by atoms with Crippen molar-refractivity contribution in [1.82, 2.24) is 15.3 Å². The van der Waals surface area contributed by atoms with Crippen molar-refractivity contribution in [1.29, 1.82) is 0 Å². The summed E-state index contributed by atoms with van der Waals surface area (Å²) in [5, 5.41) is 3.81. The lowest BCUT2D eigenvalue weighted by Gasteiger charge is -2.32. The van der Waals surface area contributed by atoms with Crippen LogP contribution in [-0.2, 0) is 0 Å². The van der Waals surface area contributed by atoms with Crippen molar-refractivity contribution in [2.75, 3.05) is 25.0 Å². The van der Waals surface area contributed by atoms with Crippen molar-refractivity contribution in [3.8, 4) is 0 Å². The molecule has 1 aromatic rings. The third-order valence-electron chi connectivity index (χ3n) is 2.85. The first kappa shape index (κ1) is 13.5. The van der Waals surface area contributed by atoms with Crippen LogP contribution in [0.4, 0.5) is 5.82 Å². The number of hydrogen-bond acceptors (Lipinski definition) is 4. The predicted octanol–water partition coefficient (Wildman–Crippen LogP) is 1.74. The highest BCUT2D eigenvalue weighted by atomic mass is 35.5. The molecule has 0 unspecified atom stereocenters. The molecule has 1 aliphatic heterocycles. The van der Waals surface area contributed by atoms with Crippen LogP contribution in [0.2, 0.25) is 5.15 Å². The van der Waals surface area contributed by atoms with E-state index in [-0.39, 0.29) is 12.4 Å². The Balaban J connectivity index is 0.00000128. The third-order valence-corrected chi connectivity index (χ3v) is 3.05. The molecule has 0 amide bonds. The van der Waals surface area contributed by atoms with Crippen LogP contribution >= 0.6 is 24.0 Å². The highest BCUT2D eigenvalue weighted by Gasteiger charge is 2.18. The fraction of sp³-hybridized carbons (Fsp3) is 0.600. The van der Waals surface area contributed by atoms with E-state index in [4.69, 9.17) is 11.6 Å². The van der Waals surface area contributed by atoms with E-state index in [0.29, 0.717) is 11.2 Å². The van der Waals surface area contributed by atoms with Gasteiger partial charge in [0.2, 0.25) is 0 Å². The summed E-state index contributed by atoms with van der Waals surface area (Å²) in [6.45, 7) is 2.05. The van der Waals surface area contributed by atoms with Gasteiger partial charge in [0.25, 0.3) is 0 Å². The minimum atomic E-state index is 0. The second kappa shape index (κ2) is 6.23. The molecule has 1 N–H and O–H groups in total. The fourth-order valence-corrected chi connectivity index (χ4v) is 2.04. The predicted molar refractivity (Wildman–Crippen MR) is 68.6 cm³/mol. The molecule has 6 heteroatoms. The van der Waals surface area contributed by atoms with Crippen molar-refractivity contribution < 1.29 is 0 Å². The van der Waals surface area contributed by atoms with Crippen molar-refractivity contribution in [3.63, 3.8) is 0 Å². The van der Waals surface area contributed by atoms with Gasteiger partial charge in [-0.2, -0.15) is 0 Å². The molecule has 0 radical (unpaired) electrons. The van der Waals surface area contributed by atoms with Gasteiger partial charge in [-0.25, -0.2) is 9.97 Å². The van der Waals surface area contributed by atoms with Crippen LogP contribution in [0.3, 0.4) is 0 Å². The van der Waals surface area contributed by atoms with Gasteiger partial charge in [0.05, 0.1) is 0 Å². The smallest absolute Gasteiger partial charge is 0.134 e. The molecule has 0 aromatic carbocycles. The lowest BCUT2D eigenvalue weighted by molar-refractivity contribution is 0.440. The average molecular weight is 263 g/mol. The number of halogens is 2. The number of nitrogens with zero attached hydrogens (tertiary/aromatic N) is 3. The molecular weight excluding hydrogens is 247 g/mol. The highest BCUT2D eigenvalue weighted by Crippen LogP contribution is 2.19. The fourth-order valence-electron chi connectivity index (χ4n) is 1.89. The van der Waals surface area contributed by atoms with Crippen LogP contribution in [0.1, 0.15) is 12.8 Å². The molecule has 0 bridgehead atoms. The summed E-state index contributed by atoms with van der Waals surface area (Å²) in [7, 11) is 2.02. The van der Waals surface area contributed by atoms with E-state index in [2.05, 4.69) is 20.2 Å². The lowest BCUT2D eigenvalue weighted by atomic mass is 10.1. The molecule has 0 spiro atoms. The summed E-state index contributed by atoms with van der Waals surface area (Å²) in [4.78, 5) is 10.4. The maximum atomic E-state index is 5.83. The highest BCUT2D eigenvalue weighted by molar-refractivity contribution is 6.29. The molecule has 4 nitrogen and oxygen atoms in total. The number of piperidine rings is 1. The first-order valence-corrected chi connectivity index (χ1v) is 5.57. The Morgan fingerprint density at radius 2 is 2.06 bits per heavy atom. The van der Waals surface area contributed by atoms with Gasteiger partial charge in [0.1, 0.15) is 17.3 Å². The Kier molecular flexibility index (Phi) is 5.25. The van der Waals surface area contributed by atoms with Gasteiger partial charge in [-0.3, -0.25) is 0 Å². The minimum Gasteiger partial charge on any atom is -0.356 e. The molecular formula is C10H16Cl2N4. The number of hydrogen-bond donors (Lipinski definition) is 1. The van der Waals surface area contributed by atoms with E-state index in [0.717, 1.165) is 31.7 Å². The normalized spacial score (nSPS) is 17.0. The Labute approximate surface area is 107 Å². The van der Waals surface area contributed by atoms with E-state index < -0.39 is 0 Å². The topological polar surface area (TPSA) is 41.0 Å². The Hall–Kier alpha value is -0.580. The Morgan fingerprint density at radius 1 is 1.38 bits per heavy atom. The van der Waals surface area contributed by atoms with Gasteiger partial charge in [0, 0.05) is 25.2 Å². The molecule has 2 heterocycles. The summed E-state index contributed by atoms with van der Waals surface area (Å²) in [5.41, 5.74) is 0. The van der Waals surface area contributed by atoms with Gasteiger partial charge < -0.3 is 10.2 Å². The quantitative estimate of drug-likeness (QED) is 0.825. The average Bonchev–Trinajstić information content (AvgIpc) is 2.29. The molecule has 2 rings (SSSR count). The van der Waals surface area contributed by atoms with Crippen LogP contribution in [-0.4, -0.2) is 36.1 Å². The van der Waals surface area contributed by atoms with Crippen LogP contribution in [0, 0.1) is 0 Å². The van der Waals surface area contributed by atoms with Crippen LogP contribution in [0.5, 0.6) is 0 Å². The largest absolute Gasteiger partial charge is 0.356 e. The van der Waals surface area contributed by atoms with Crippen molar-refractivity contribution in [2.24, 2.45) is 0 Å². The van der Waals surface area contributed by atoms with Gasteiger partial charge in [-0.05, 0) is 19.9 Å².